The first-order valence-electron chi connectivity index (χ1n) is 13.2. The number of carbonyl (C=O) groups excluding carboxylic acids is 1. The Balaban J connectivity index is 1.24. The number of aryl methyl sites for hydroxylation is 1. The minimum Gasteiger partial charge on any atom is -0.481 e. The van der Waals surface area contributed by atoms with E-state index in [0.717, 1.165) is 59.7 Å². The second kappa shape index (κ2) is 8.85. The molecule has 3 aromatic heterocycles. The van der Waals surface area contributed by atoms with Crippen molar-refractivity contribution in [3.63, 3.8) is 0 Å². The van der Waals surface area contributed by atoms with Gasteiger partial charge in [-0.05, 0) is 55.5 Å². The van der Waals surface area contributed by atoms with Gasteiger partial charge >= 0.3 is 0 Å². The summed E-state index contributed by atoms with van der Waals surface area (Å²) in [7, 11) is 3.69. The van der Waals surface area contributed by atoms with E-state index in [-0.39, 0.29) is 18.1 Å². The van der Waals surface area contributed by atoms with Crippen LogP contribution in [0.15, 0.2) is 36.4 Å². The maximum absolute atomic E-state index is 13.4. The van der Waals surface area contributed by atoms with Gasteiger partial charge in [-0.25, -0.2) is 4.98 Å². The van der Waals surface area contributed by atoms with Gasteiger partial charge in [0.1, 0.15) is 5.65 Å². The van der Waals surface area contributed by atoms with Crippen LogP contribution in [0.2, 0.25) is 0 Å². The molecule has 3 aliphatic rings. The summed E-state index contributed by atoms with van der Waals surface area (Å²) in [6.45, 7) is 3.89. The maximum atomic E-state index is 13.4. The van der Waals surface area contributed by atoms with Crippen LogP contribution in [0.25, 0.3) is 33.6 Å². The molecule has 1 saturated carbocycles. The third kappa shape index (κ3) is 3.97. The normalized spacial score (nSPS) is 21.9. The molecular formula is C28H32N6O3. The van der Waals surface area contributed by atoms with Crippen LogP contribution in [0.5, 0.6) is 5.88 Å². The Kier molecular flexibility index (Phi) is 5.44. The minimum atomic E-state index is 0.0547. The van der Waals surface area contributed by atoms with Crippen molar-refractivity contribution in [1.29, 1.82) is 0 Å². The molecule has 37 heavy (non-hydrogen) atoms. The van der Waals surface area contributed by atoms with E-state index in [1.807, 2.05) is 36.2 Å². The van der Waals surface area contributed by atoms with Crippen molar-refractivity contribution < 1.29 is 14.3 Å². The van der Waals surface area contributed by atoms with E-state index in [9.17, 15) is 4.79 Å². The number of piperidine rings is 1. The fourth-order valence-electron chi connectivity index (χ4n) is 5.86. The minimum absolute atomic E-state index is 0.0547. The summed E-state index contributed by atoms with van der Waals surface area (Å²) in [5, 5.41) is 4.58. The van der Waals surface area contributed by atoms with Crippen LogP contribution >= 0.6 is 0 Å². The van der Waals surface area contributed by atoms with Gasteiger partial charge in [0, 0.05) is 50.2 Å². The fourth-order valence-corrected chi connectivity index (χ4v) is 5.86. The lowest BCUT2D eigenvalue weighted by Crippen LogP contribution is -2.59. The van der Waals surface area contributed by atoms with Gasteiger partial charge in [-0.1, -0.05) is 0 Å². The average molecular weight is 501 g/mol. The molecule has 2 atom stereocenters. The van der Waals surface area contributed by atoms with Crippen molar-refractivity contribution in [1.82, 2.24) is 29.3 Å². The molecule has 9 nitrogen and oxygen atoms in total. The van der Waals surface area contributed by atoms with Crippen LogP contribution < -0.4 is 10.1 Å². The van der Waals surface area contributed by atoms with E-state index < -0.39 is 0 Å². The number of nitrogens with zero attached hydrogens (tertiary/aromatic N) is 5. The molecule has 192 valence electrons. The highest BCUT2D eigenvalue weighted by Gasteiger charge is 2.34. The molecular weight excluding hydrogens is 468 g/mol. The Bertz CT molecular complexity index is 1500. The molecule has 2 aliphatic heterocycles. The molecule has 0 bridgehead atoms. The molecule has 7 rings (SSSR count). The zero-order valence-electron chi connectivity index (χ0n) is 21.3. The second-order valence-electron chi connectivity index (χ2n) is 10.6. The molecule has 4 aromatic rings. The number of amides is 1. The number of methoxy groups -OCH3 is 1. The Labute approximate surface area is 215 Å². The molecule has 1 aromatic carbocycles. The van der Waals surface area contributed by atoms with Crippen molar-refractivity contribution in [2.24, 2.45) is 13.0 Å². The van der Waals surface area contributed by atoms with Crippen LogP contribution in [0.4, 0.5) is 0 Å². The number of morpholine rings is 1. The zero-order chi connectivity index (χ0) is 25.1. The number of imidazole rings is 1. The maximum Gasteiger partial charge on any atom is 0.253 e. The molecule has 1 unspecified atom stereocenters. The van der Waals surface area contributed by atoms with Gasteiger partial charge in [0.2, 0.25) is 5.88 Å². The summed E-state index contributed by atoms with van der Waals surface area (Å²) in [6.07, 6.45) is 3.56. The monoisotopic (exact) mass is 500 g/mol. The predicted octanol–water partition coefficient (Wildman–Crippen LogP) is 3.21. The van der Waals surface area contributed by atoms with Gasteiger partial charge in [0.25, 0.3) is 5.91 Å². The van der Waals surface area contributed by atoms with Gasteiger partial charge < -0.3 is 28.8 Å². The first-order valence-corrected chi connectivity index (χ1v) is 13.2. The summed E-state index contributed by atoms with van der Waals surface area (Å²) in [4.78, 5) is 25.2. The number of ether oxygens (including phenoxy) is 2. The number of aromatic nitrogens is 4. The van der Waals surface area contributed by atoms with Crippen molar-refractivity contribution >= 4 is 28.0 Å². The van der Waals surface area contributed by atoms with Crippen LogP contribution in [0.1, 0.15) is 29.6 Å². The van der Waals surface area contributed by atoms with Crippen molar-refractivity contribution in [3.8, 4) is 17.4 Å². The lowest BCUT2D eigenvalue weighted by Gasteiger charge is -2.41. The Morgan fingerprint density at radius 3 is 2.89 bits per heavy atom. The summed E-state index contributed by atoms with van der Waals surface area (Å²) >= 11 is 0. The molecule has 9 heteroatoms. The third-order valence-electron chi connectivity index (χ3n) is 8.10. The van der Waals surface area contributed by atoms with E-state index in [1.54, 1.807) is 7.11 Å². The molecule has 0 radical (unpaired) electrons. The summed E-state index contributed by atoms with van der Waals surface area (Å²) in [5.74, 6) is 2.22. The number of rotatable bonds is 5. The Hall–Kier alpha value is -3.43. The highest BCUT2D eigenvalue weighted by atomic mass is 16.5. The van der Waals surface area contributed by atoms with Gasteiger partial charge in [-0.15, -0.1) is 0 Å². The number of fused-ring (bicyclic) bond motifs is 3. The molecule has 2 saturated heterocycles. The zero-order valence-corrected chi connectivity index (χ0v) is 21.3. The fraction of sp³-hybridized carbons (Fsp3) is 0.464. The van der Waals surface area contributed by atoms with E-state index in [0.29, 0.717) is 30.5 Å². The highest BCUT2D eigenvalue weighted by molar-refractivity contribution is 5.98. The van der Waals surface area contributed by atoms with Gasteiger partial charge in [-0.3, -0.25) is 4.79 Å². The first-order chi connectivity index (χ1) is 18.1. The van der Waals surface area contributed by atoms with Crippen LogP contribution in [-0.2, 0) is 18.3 Å². The van der Waals surface area contributed by atoms with E-state index in [4.69, 9.17) is 19.4 Å². The Morgan fingerprint density at radius 2 is 2.05 bits per heavy atom. The number of nitrogens with one attached hydrogen (secondary N) is 1. The number of hydrogen-bond acceptors (Lipinski definition) is 6. The van der Waals surface area contributed by atoms with Crippen molar-refractivity contribution in [2.45, 2.75) is 38.0 Å². The number of hydrogen-bond donors (Lipinski definition) is 1. The smallest absolute Gasteiger partial charge is 0.253 e. The molecule has 1 aliphatic carbocycles. The third-order valence-corrected chi connectivity index (χ3v) is 8.10. The second-order valence-corrected chi connectivity index (χ2v) is 10.6. The lowest BCUT2D eigenvalue weighted by atomic mass is 9.99. The van der Waals surface area contributed by atoms with Gasteiger partial charge in [0.05, 0.1) is 42.6 Å². The number of carbonyl (C=O) groups is 1. The van der Waals surface area contributed by atoms with Gasteiger partial charge in [-0.2, -0.15) is 4.98 Å². The molecule has 3 fully saturated rings. The van der Waals surface area contributed by atoms with E-state index >= 15 is 0 Å². The lowest BCUT2D eigenvalue weighted by molar-refractivity contribution is -0.0383. The van der Waals surface area contributed by atoms with Crippen LogP contribution in [-0.4, -0.2) is 75.4 Å². The topological polar surface area (TPSA) is 86.4 Å². The first kappa shape index (κ1) is 22.7. The standard InChI is InChI=1S/C28H32N6O3/c1-32-22-7-5-19(28(35)33-11-9-24-21(16-33)29-10-12-37-24)13-20(22)30-27(32)23-14-18-6-8-25(36-2)31-26(18)34(23)15-17-3-4-17/h5-8,13-14,17,21,24,29H,3-4,9-12,15-16H2,1-2H3/t21?,24-/m1/s1. The summed E-state index contributed by atoms with van der Waals surface area (Å²) < 4.78 is 15.7. The SMILES string of the molecule is COc1ccc2cc(-c3nc4cc(C(=O)N5CC[C@H]6OCCNC6C5)ccc4n3C)n(CC3CC3)c2n1. The van der Waals surface area contributed by atoms with E-state index in [2.05, 4.69) is 26.6 Å². The number of pyridine rings is 1. The Morgan fingerprint density at radius 1 is 1.16 bits per heavy atom. The van der Waals surface area contributed by atoms with Crippen molar-refractivity contribution in [2.75, 3.05) is 33.4 Å². The predicted molar refractivity (Wildman–Crippen MR) is 141 cm³/mol. The highest BCUT2D eigenvalue weighted by Crippen LogP contribution is 2.36. The largest absolute Gasteiger partial charge is 0.481 e. The quantitative estimate of drug-likeness (QED) is 0.453. The molecule has 5 heterocycles. The van der Waals surface area contributed by atoms with Crippen LogP contribution in [0, 0.1) is 5.92 Å². The molecule has 1 amide bonds. The summed E-state index contributed by atoms with van der Waals surface area (Å²) in [5.41, 5.74) is 4.47. The summed E-state index contributed by atoms with van der Waals surface area (Å²) in [6, 6.07) is 12.2. The number of benzene rings is 1. The molecule has 0 spiro atoms. The average Bonchev–Trinajstić information content (AvgIpc) is 3.61. The van der Waals surface area contributed by atoms with Crippen molar-refractivity contribution in [3.05, 3.63) is 42.0 Å². The molecule has 1 N–H and O–H groups in total. The van der Waals surface area contributed by atoms with Gasteiger partial charge in [0.15, 0.2) is 5.82 Å². The van der Waals surface area contributed by atoms with E-state index in [1.165, 1.54) is 12.8 Å². The number of likely N-dealkylation sites (tertiary alicyclic amines) is 1. The van der Waals surface area contributed by atoms with Crippen LogP contribution in [0.3, 0.4) is 0 Å².